The Morgan fingerprint density at radius 1 is 1.08 bits per heavy atom. The minimum atomic E-state index is -1.16. The Balaban J connectivity index is 1.80. The molecule has 2 heterocycles. The summed E-state index contributed by atoms with van der Waals surface area (Å²) in [6.07, 6.45) is 2.21. The molecule has 0 spiro atoms. The molecule has 0 unspecified atom stereocenters. The summed E-state index contributed by atoms with van der Waals surface area (Å²) in [5.41, 5.74) is 3.24. The molecule has 10 heteroatoms. The smallest absolute Gasteiger partial charge is 0.338 e. The van der Waals surface area contributed by atoms with Gasteiger partial charge in [0, 0.05) is 17.3 Å². The number of carboxylic acid groups (broad SMARTS) is 1. The van der Waals surface area contributed by atoms with Crippen LogP contribution < -0.4 is 5.56 Å². The molecule has 36 heavy (non-hydrogen) atoms. The SMILES string of the molecule is CCCCc1cc(C(=O)O)cc(=O)n1Cc1ccc(-c2ccccc2-c2nn[nH]n2)cc1C(=O)OC. The van der Waals surface area contributed by atoms with Gasteiger partial charge in [0.25, 0.3) is 5.56 Å². The van der Waals surface area contributed by atoms with E-state index < -0.39 is 17.5 Å². The minimum absolute atomic E-state index is 0.0519. The van der Waals surface area contributed by atoms with E-state index in [1.165, 1.54) is 17.7 Å². The van der Waals surface area contributed by atoms with Crippen molar-refractivity contribution in [3.63, 3.8) is 0 Å². The van der Waals surface area contributed by atoms with E-state index in [0.717, 1.165) is 35.6 Å². The van der Waals surface area contributed by atoms with Crippen LogP contribution in [0, 0.1) is 0 Å². The van der Waals surface area contributed by atoms with Crippen molar-refractivity contribution in [2.24, 2.45) is 0 Å². The fraction of sp³-hybridized carbons (Fsp3) is 0.231. The molecule has 0 aliphatic rings. The van der Waals surface area contributed by atoms with Gasteiger partial charge in [-0.15, -0.1) is 10.2 Å². The van der Waals surface area contributed by atoms with Gasteiger partial charge in [-0.25, -0.2) is 9.59 Å². The first-order chi connectivity index (χ1) is 17.4. The number of pyridine rings is 1. The molecule has 0 saturated heterocycles. The number of hydrogen-bond donors (Lipinski definition) is 2. The molecule has 0 bridgehead atoms. The predicted octanol–water partition coefficient (Wildman–Crippen LogP) is 3.57. The molecule has 0 aliphatic carbocycles. The molecule has 2 aromatic carbocycles. The number of aromatic nitrogens is 5. The number of esters is 1. The molecule has 2 N–H and O–H groups in total. The third-order valence-corrected chi connectivity index (χ3v) is 5.92. The Bertz CT molecular complexity index is 1460. The van der Waals surface area contributed by atoms with Gasteiger partial charge in [0.2, 0.25) is 5.82 Å². The fourth-order valence-corrected chi connectivity index (χ4v) is 4.08. The molecule has 2 aromatic heterocycles. The second-order valence-electron chi connectivity index (χ2n) is 8.21. The van der Waals surface area contributed by atoms with E-state index in [1.54, 1.807) is 12.1 Å². The standard InChI is InChI=1S/C26H25N5O5/c1-3-4-7-19-12-18(25(33)34)14-23(32)31(19)15-17-11-10-16(13-22(17)26(35)36-2)20-8-5-6-9-21(20)24-27-29-30-28-24/h5-6,8-14H,3-4,7,15H2,1-2H3,(H,33,34)(H,27,28,29,30). The van der Waals surface area contributed by atoms with Gasteiger partial charge in [0.05, 0.1) is 24.8 Å². The molecule has 0 amide bonds. The first kappa shape index (κ1) is 24.5. The number of nitrogens with one attached hydrogen (secondary N) is 1. The Hall–Kier alpha value is -4.60. The summed E-state index contributed by atoms with van der Waals surface area (Å²) < 4.78 is 6.55. The van der Waals surface area contributed by atoms with Crippen LogP contribution in [0.3, 0.4) is 0 Å². The minimum Gasteiger partial charge on any atom is -0.478 e. The summed E-state index contributed by atoms with van der Waals surface area (Å²) in [5, 5.41) is 23.6. The van der Waals surface area contributed by atoms with Gasteiger partial charge in [0.15, 0.2) is 0 Å². The number of aryl methyl sites for hydroxylation is 1. The van der Waals surface area contributed by atoms with Crippen molar-refractivity contribution in [1.29, 1.82) is 0 Å². The van der Waals surface area contributed by atoms with Crippen LogP contribution >= 0.6 is 0 Å². The number of aromatic amines is 1. The molecule has 0 atom stereocenters. The average Bonchev–Trinajstić information content (AvgIpc) is 3.43. The fourth-order valence-electron chi connectivity index (χ4n) is 4.08. The predicted molar refractivity (Wildman–Crippen MR) is 132 cm³/mol. The van der Waals surface area contributed by atoms with Crippen molar-refractivity contribution < 1.29 is 19.4 Å². The zero-order valence-electron chi connectivity index (χ0n) is 19.9. The van der Waals surface area contributed by atoms with Crippen LogP contribution in [0.2, 0.25) is 0 Å². The van der Waals surface area contributed by atoms with E-state index in [4.69, 9.17) is 4.74 Å². The van der Waals surface area contributed by atoms with Crippen LogP contribution in [0.1, 0.15) is 51.7 Å². The quantitative estimate of drug-likeness (QED) is 0.342. The van der Waals surface area contributed by atoms with Crippen LogP contribution in [0.15, 0.2) is 59.4 Å². The summed E-state index contributed by atoms with van der Waals surface area (Å²) in [4.78, 5) is 37.2. The molecule has 4 rings (SSSR count). The number of carbonyl (C=O) groups is 2. The summed E-state index contributed by atoms with van der Waals surface area (Å²) in [6.45, 7) is 2.11. The number of hydrogen-bond acceptors (Lipinski definition) is 7. The van der Waals surface area contributed by atoms with Crippen LogP contribution in [-0.4, -0.2) is 49.3 Å². The second kappa shape index (κ2) is 10.8. The topological polar surface area (TPSA) is 140 Å². The van der Waals surface area contributed by atoms with Crippen molar-refractivity contribution in [1.82, 2.24) is 25.2 Å². The number of unbranched alkanes of at least 4 members (excludes halogenated alkanes) is 1. The number of methoxy groups -OCH3 is 1. The third kappa shape index (κ3) is 5.07. The molecular formula is C26H25N5O5. The maximum atomic E-state index is 12.9. The lowest BCUT2D eigenvalue weighted by atomic mass is 9.95. The van der Waals surface area contributed by atoms with Gasteiger partial charge in [-0.2, -0.15) is 5.21 Å². The van der Waals surface area contributed by atoms with E-state index >= 15 is 0 Å². The molecular weight excluding hydrogens is 462 g/mol. The number of rotatable bonds is 9. The van der Waals surface area contributed by atoms with Gasteiger partial charge >= 0.3 is 11.9 Å². The highest BCUT2D eigenvalue weighted by atomic mass is 16.5. The number of H-pyrrole nitrogens is 1. The van der Waals surface area contributed by atoms with E-state index in [9.17, 15) is 19.5 Å². The highest BCUT2D eigenvalue weighted by Gasteiger charge is 2.19. The van der Waals surface area contributed by atoms with Crippen molar-refractivity contribution in [2.75, 3.05) is 7.11 Å². The first-order valence-electron chi connectivity index (χ1n) is 11.4. The Morgan fingerprint density at radius 2 is 1.86 bits per heavy atom. The van der Waals surface area contributed by atoms with Crippen molar-refractivity contribution >= 4 is 11.9 Å². The monoisotopic (exact) mass is 487 g/mol. The molecule has 0 saturated carbocycles. The van der Waals surface area contributed by atoms with E-state index in [0.29, 0.717) is 29.1 Å². The largest absolute Gasteiger partial charge is 0.478 e. The van der Waals surface area contributed by atoms with Crippen LogP contribution in [0.5, 0.6) is 0 Å². The molecule has 0 aliphatic heterocycles. The average molecular weight is 488 g/mol. The lowest BCUT2D eigenvalue weighted by molar-refractivity contribution is 0.0598. The Labute approximate surface area is 206 Å². The van der Waals surface area contributed by atoms with Crippen LogP contribution in [0.4, 0.5) is 0 Å². The highest BCUT2D eigenvalue weighted by molar-refractivity contribution is 5.94. The zero-order chi connectivity index (χ0) is 25.7. The van der Waals surface area contributed by atoms with E-state index in [-0.39, 0.29) is 12.1 Å². The number of tetrazole rings is 1. The first-order valence-corrected chi connectivity index (χ1v) is 11.4. The van der Waals surface area contributed by atoms with Crippen molar-refractivity contribution in [3.8, 4) is 22.5 Å². The molecule has 184 valence electrons. The number of carboxylic acids is 1. The van der Waals surface area contributed by atoms with E-state index in [1.807, 2.05) is 37.3 Å². The maximum absolute atomic E-state index is 12.9. The molecule has 4 aromatic rings. The maximum Gasteiger partial charge on any atom is 0.338 e. The molecule has 0 radical (unpaired) electrons. The number of ether oxygens (including phenoxy) is 1. The van der Waals surface area contributed by atoms with Gasteiger partial charge in [0.1, 0.15) is 0 Å². The number of carbonyl (C=O) groups excluding carboxylic acids is 1. The summed E-state index contributed by atoms with van der Waals surface area (Å²) in [5.74, 6) is -1.29. The number of aromatic carboxylic acids is 1. The Kier molecular flexibility index (Phi) is 7.33. The number of benzene rings is 2. The summed E-state index contributed by atoms with van der Waals surface area (Å²) in [6, 6.07) is 15.4. The van der Waals surface area contributed by atoms with Crippen LogP contribution in [-0.2, 0) is 17.7 Å². The van der Waals surface area contributed by atoms with Gasteiger partial charge in [-0.1, -0.05) is 49.7 Å². The lowest BCUT2D eigenvalue weighted by Crippen LogP contribution is -2.26. The van der Waals surface area contributed by atoms with Crippen molar-refractivity contribution in [2.45, 2.75) is 32.7 Å². The van der Waals surface area contributed by atoms with Gasteiger partial charge < -0.3 is 14.4 Å². The van der Waals surface area contributed by atoms with E-state index in [2.05, 4.69) is 20.6 Å². The lowest BCUT2D eigenvalue weighted by Gasteiger charge is -2.17. The molecule has 0 fully saturated rings. The normalized spacial score (nSPS) is 10.8. The Morgan fingerprint density at radius 3 is 2.53 bits per heavy atom. The number of nitrogens with zero attached hydrogens (tertiary/aromatic N) is 4. The van der Waals surface area contributed by atoms with Gasteiger partial charge in [-0.05, 0) is 46.9 Å². The van der Waals surface area contributed by atoms with Crippen LogP contribution in [0.25, 0.3) is 22.5 Å². The zero-order valence-corrected chi connectivity index (χ0v) is 19.9. The second-order valence-corrected chi connectivity index (χ2v) is 8.21. The highest BCUT2D eigenvalue weighted by Crippen LogP contribution is 2.31. The summed E-state index contributed by atoms with van der Waals surface area (Å²) in [7, 11) is 1.30. The third-order valence-electron chi connectivity index (χ3n) is 5.92. The van der Waals surface area contributed by atoms with Crippen molar-refractivity contribution in [3.05, 3.63) is 87.3 Å². The summed E-state index contributed by atoms with van der Waals surface area (Å²) >= 11 is 0. The van der Waals surface area contributed by atoms with Gasteiger partial charge in [-0.3, -0.25) is 4.79 Å². The molecule has 10 nitrogen and oxygen atoms in total.